The molecule has 2 rings (SSSR count). The van der Waals surface area contributed by atoms with Gasteiger partial charge in [-0.05, 0) is 56.7 Å². The van der Waals surface area contributed by atoms with Crippen LogP contribution in [0.15, 0.2) is 18.2 Å². The molecule has 2 unspecified atom stereocenters. The van der Waals surface area contributed by atoms with Crippen LogP contribution in [0.2, 0.25) is 10.0 Å². The summed E-state index contributed by atoms with van der Waals surface area (Å²) in [6, 6.07) is 6.33. The second kappa shape index (κ2) is 7.80. The lowest BCUT2D eigenvalue weighted by molar-refractivity contribution is 0.166. The zero-order valence-electron chi connectivity index (χ0n) is 12.9. The maximum Gasteiger partial charge on any atom is 0.0483 e. The Hall–Kier alpha value is -0.320. The zero-order chi connectivity index (χ0) is 15.4. The van der Waals surface area contributed by atoms with Gasteiger partial charge in [0.1, 0.15) is 0 Å². The van der Waals surface area contributed by atoms with Crippen molar-refractivity contribution in [2.75, 3.05) is 33.2 Å². The van der Waals surface area contributed by atoms with Gasteiger partial charge >= 0.3 is 0 Å². The van der Waals surface area contributed by atoms with E-state index in [0.29, 0.717) is 17.6 Å². The van der Waals surface area contributed by atoms with Gasteiger partial charge in [0.25, 0.3) is 0 Å². The van der Waals surface area contributed by atoms with Gasteiger partial charge < -0.3 is 5.73 Å². The number of benzene rings is 1. The van der Waals surface area contributed by atoms with Crippen LogP contribution in [0.3, 0.4) is 0 Å². The van der Waals surface area contributed by atoms with E-state index < -0.39 is 0 Å². The Morgan fingerprint density at radius 3 is 2.86 bits per heavy atom. The maximum absolute atomic E-state index is 6.34. The lowest BCUT2D eigenvalue weighted by Gasteiger charge is -2.33. The van der Waals surface area contributed by atoms with Crippen LogP contribution in [-0.4, -0.2) is 49.1 Å². The fraction of sp³-hybridized carbons (Fsp3) is 0.625. The van der Waals surface area contributed by atoms with Gasteiger partial charge in [0.05, 0.1) is 0 Å². The van der Waals surface area contributed by atoms with Crippen molar-refractivity contribution in [2.45, 2.75) is 31.8 Å². The molecule has 1 aliphatic rings. The number of rotatable bonds is 6. The smallest absolute Gasteiger partial charge is 0.0483 e. The van der Waals surface area contributed by atoms with Crippen molar-refractivity contribution in [2.24, 2.45) is 5.73 Å². The lowest BCUT2D eigenvalue weighted by atomic mass is 10.0. The minimum atomic E-state index is 0.107. The molecule has 0 bridgehead atoms. The number of halogens is 2. The average molecular weight is 330 g/mol. The van der Waals surface area contributed by atoms with Crippen LogP contribution in [0.4, 0.5) is 0 Å². The highest BCUT2D eigenvalue weighted by Crippen LogP contribution is 2.30. The van der Waals surface area contributed by atoms with Crippen LogP contribution in [0.25, 0.3) is 0 Å². The highest BCUT2D eigenvalue weighted by atomic mass is 35.5. The molecule has 5 heteroatoms. The number of likely N-dealkylation sites (N-methyl/N-ethyl adjacent to an activating group) is 2. The highest BCUT2D eigenvalue weighted by molar-refractivity contribution is 6.33. The first-order valence-corrected chi connectivity index (χ1v) is 8.41. The van der Waals surface area contributed by atoms with Gasteiger partial charge in [-0.2, -0.15) is 0 Å². The van der Waals surface area contributed by atoms with Gasteiger partial charge in [0.15, 0.2) is 0 Å². The molecular weight excluding hydrogens is 305 g/mol. The Morgan fingerprint density at radius 2 is 2.19 bits per heavy atom. The zero-order valence-corrected chi connectivity index (χ0v) is 14.4. The Kier molecular flexibility index (Phi) is 6.33. The van der Waals surface area contributed by atoms with Crippen molar-refractivity contribution in [1.29, 1.82) is 0 Å². The molecule has 0 radical (unpaired) electrons. The standard InChI is InChI=1S/C16H25Cl2N3/c1-3-21-8-4-5-13(21)11-20(2)16(10-19)14-9-12(17)6-7-15(14)18/h6-7,9,13,16H,3-5,8,10-11,19H2,1-2H3. The van der Waals surface area contributed by atoms with Crippen LogP contribution in [0, 0.1) is 0 Å². The summed E-state index contributed by atoms with van der Waals surface area (Å²) >= 11 is 12.4. The van der Waals surface area contributed by atoms with E-state index >= 15 is 0 Å². The van der Waals surface area contributed by atoms with E-state index in [4.69, 9.17) is 28.9 Å². The number of nitrogens with zero attached hydrogens (tertiary/aromatic N) is 2. The lowest BCUT2D eigenvalue weighted by Crippen LogP contribution is -2.41. The molecule has 0 amide bonds. The topological polar surface area (TPSA) is 32.5 Å². The summed E-state index contributed by atoms with van der Waals surface area (Å²) in [6.07, 6.45) is 2.55. The normalized spacial score (nSPS) is 21.1. The van der Waals surface area contributed by atoms with E-state index in [1.807, 2.05) is 18.2 Å². The Bertz CT molecular complexity index is 467. The monoisotopic (exact) mass is 329 g/mol. The molecule has 1 aromatic carbocycles. The molecule has 2 N–H and O–H groups in total. The SMILES string of the molecule is CCN1CCCC1CN(C)C(CN)c1cc(Cl)ccc1Cl. The van der Waals surface area contributed by atoms with E-state index in [9.17, 15) is 0 Å². The van der Waals surface area contributed by atoms with E-state index in [1.54, 1.807) is 0 Å². The molecule has 21 heavy (non-hydrogen) atoms. The van der Waals surface area contributed by atoms with Crippen LogP contribution >= 0.6 is 23.2 Å². The second-order valence-corrected chi connectivity index (χ2v) is 6.63. The summed E-state index contributed by atoms with van der Waals surface area (Å²) in [5, 5.41) is 1.44. The van der Waals surface area contributed by atoms with Crippen molar-refractivity contribution in [3.8, 4) is 0 Å². The third-order valence-corrected chi connectivity index (χ3v) is 5.06. The number of likely N-dealkylation sites (tertiary alicyclic amines) is 1. The highest BCUT2D eigenvalue weighted by Gasteiger charge is 2.27. The van der Waals surface area contributed by atoms with Crippen LogP contribution in [-0.2, 0) is 0 Å². The number of hydrogen-bond donors (Lipinski definition) is 1. The fourth-order valence-electron chi connectivity index (χ4n) is 3.29. The van der Waals surface area contributed by atoms with Gasteiger partial charge in [-0.1, -0.05) is 30.1 Å². The van der Waals surface area contributed by atoms with Crippen molar-refractivity contribution in [3.63, 3.8) is 0 Å². The summed E-state index contributed by atoms with van der Waals surface area (Å²) in [4.78, 5) is 4.86. The van der Waals surface area contributed by atoms with Crippen molar-refractivity contribution < 1.29 is 0 Å². The molecule has 1 aromatic rings. The summed E-state index contributed by atoms with van der Waals surface area (Å²) in [6.45, 7) is 6.10. The molecular formula is C16H25Cl2N3. The molecule has 1 aliphatic heterocycles. The summed E-state index contributed by atoms with van der Waals surface area (Å²) in [7, 11) is 2.13. The van der Waals surface area contributed by atoms with Gasteiger partial charge in [-0.3, -0.25) is 9.80 Å². The van der Waals surface area contributed by atoms with Gasteiger partial charge in [-0.25, -0.2) is 0 Å². The van der Waals surface area contributed by atoms with Crippen LogP contribution in [0.5, 0.6) is 0 Å². The van der Waals surface area contributed by atoms with Gasteiger partial charge in [0, 0.05) is 35.2 Å². The van der Waals surface area contributed by atoms with E-state index in [1.165, 1.54) is 19.4 Å². The first-order valence-electron chi connectivity index (χ1n) is 7.66. The largest absolute Gasteiger partial charge is 0.329 e. The van der Waals surface area contributed by atoms with Gasteiger partial charge in [-0.15, -0.1) is 0 Å². The molecule has 0 spiro atoms. The predicted octanol–water partition coefficient (Wildman–Crippen LogP) is 3.41. The van der Waals surface area contributed by atoms with Crippen molar-refractivity contribution in [3.05, 3.63) is 33.8 Å². The van der Waals surface area contributed by atoms with Crippen LogP contribution in [0.1, 0.15) is 31.4 Å². The quantitative estimate of drug-likeness (QED) is 0.868. The minimum absolute atomic E-state index is 0.107. The molecule has 118 valence electrons. The molecule has 0 aliphatic carbocycles. The first kappa shape index (κ1) is 17.0. The molecule has 2 atom stereocenters. The minimum Gasteiger partial charge on any atom is -0.329 e. The molecule has 1 heterocycles. The third-order valence-electron chi connectivity index (χ3n) is 4.48. The molecule has 1 fully saturated rings. The summed E-state index contributed by atoms with van der Waals surface area (Å²) < 4.78 is 0. The van der Waals surface area contributed by atoms with E-state index in [2.05, 4.69) is 23.8 Å². The maximum atomic E-state index is 6.34. The Labute approximate surface area is 138 Å². The third kappa shape index (κ3) is 4.11. The van der Waals surface area contributed by atoms with Crippen molar-refractivity contribution in [1.82, 2.24) is 9.80 Å². The van der Waals surface area contributed by atoms with Crippen molar-refractivity contribution >= 4 is 23.2 Å². The molecule has 3 nitrogen and oxygen atoms in total. The summed E-state index contributed by atoms with van der Waals surface area (Å²) in [5.41, 5.74) is 7.03. The second-order valence-electron chi connectivity index (χ2n) is 5.78. The molecule has 1 saturated heterocycles. The Morgan fingerprint density at radius 1 is 1.43 bits per heavy atom. The number of nitrogens with two attached hydrogens (primary N) is 1. The predicted molar refractivity (Wildman–Crippen MR) is 91.2 cm³/mol. The van der Waals surface area contributed by atoms with E-state index in [-0.39, 0.29) is 6.04 Å². The van der Waals surface area contributed by atoms with Gasteiger partial charge in [0.2, 0.25) is 0 Å². The number of hydrogen-bond acceptors (Lipinski definition) is 3. The van der Waals surface area contributed by atoms with Crippen LogP contribution < -0.4 is 5.73 Å². The Balaban J connectivity index is 2.11. The molecule has 0 saturated carbocycles. The molecule has 0 aromatic heterocycles. The average Bonchev–Trinajstić information content (AvgIpc) is 2.90. The summed E-state index contributed by atoms with van der Waals surface area (Å²) in [5.74, 6) is 0. The van der Waals surface area contributed by atoms with E-state index in [0.717, 1.165) is 23.7 Å². The fourth-order valence-corrected chi connectivity index (χ4v) is 3.72. The first-order chi connectivity index (χ1) is 10.1.